The van der Waals surface area contributed by atoms with E-state index in [0.29, 0.717) is 5.69 Å². The molecule has 3 rings (SSSR count). The summed E-state index contributed by atoms with van der Waals surface area (Å²) in [5.74, 6) is -0.489. The summed E-state index contributed by atoms with van der Waals surface area (Å²) in [6.07, 6.45) is 3.57. The number of carbonyl (C=O) groups is 1. The molecule has 0 aliphatic heterocycles. The molecule has 0 bridgehead atoms. The molecule has 8 heteroatoms. The monoisotopic (exact) mass is 440 g/mol. The number of halogens is 2. The third-order valence-corrected chi connectivity index (χ3v) is 7.25. The van der Waals surface area contributed by atoms with E-state index >= 15 is 0 Å². The molecule has 0 spiro atoms. The van der Waals surface area contributed by atoms with Crippen LogP contribution in [-0.4, -0.2) is 20.4 Å². The lowest BCUT2D eigenvalue weighted by Crippen LogP contribution is -2.33. The Morgan fingerprint density at radius 2 is 1.64 bits per heavy atom. The molecule has 0 radical (unpaired) electrons. The van der Waals surface area contributed by atoms with Gasteiger partial charge in [-0.2, -0.15) is 0 Å². The van der Waals surface area contributed by atoms with Crippen molar-refractivity contribution in [2.75, 3.05) is 5.32 Å². The van der Waals surface area contributed by atoms with Crippen molar-refractivity contribution in [3.63, 3.8) is 0 Å². The number of sulfonamides is 1. The van der Waals surface area contributed by atoms with Crippen LogP contribution in [0.2, 0.25) is 10.0 Å². The van der Waals surface area contributed by atoms with E-state index < -0.39 is 15.9 Å². The van der Waals surface area contributed by atoms with Gasteiger partial charge in [0.25, 0.3) is 5.91 Å². The summed E-state index contributed by atoms with van der Waals surface area (Å²) in [5, 5.41) is 2.90. The van der Waals surface area contributed by atoms with Gasteiger partial charge in [-0.15, -0.1) is 0 Å². The number of anilines is 1. The Morgan fingerprint density at radius 1 is 1.04 bits per heavy atom. The molecule has 5 nitrogen and oxygen atoms in total. The van der Waals surface area contributed by atoms with Crippen molar-refractivity contribution < 1.29 is 13.2 Å². The van der Waals surface area contributed by atoms with E-state index in [1.807, 2.05) is 32.0 Å². The van der Waals surface area contributed by atoms with Gasteiger partial charge < -0.3 is 5.32 Å². The van der Waals surface area contributed by atoms with Crippen molar-refractivity contribution in [3.05, 3.63) is 57.1 Å². The first kappa shape index (κ1) is 21.1. The van der Waals surface area contributed by atoms with E-state index in [1.165, 1.54) is 12.1 Å². The minimum Gasteiger partial charge on any atom is -0.321 e. The number of carbonyl (C=O) groups excluding carboxylic acids is 1. The van der Waals surface area contributed by atoms with Crippen LogP contribution in [0.3, 0.4) is 0 Å². The van der Waals surface area contributed by atoms with Crippen molar-refractivity contribution in [3.8, 4) is 0 Å². The third kappa shape index (κ3) is 4.51. The zero-order valence-corrected chi connectivity index (χ0v) is 18.0. The fraction of sp³-hybridized carbons (Fsp3) is 0.350. The summed E-state index contributed by atoms with van der Waals surface area (Å²) < 4.78 is 28.3. The van der Waals surface area contributed by atoms with Crippen molar-refractivity contribution in [1.29, 1.82) is 0 Å². The Bertz CT molecular complexity index is 996. The maximum absolute atomic E-state index is 12.8. The van der Waals surface area contributed by atoms with Crippen molar-refractivity contribution >= 4 is 44.8 Å². The number of para-hydroxylation sites is 1. The number of aryl methyl sites for hydroxylation is 2. The van der Waals surface area contributed by atoms with E-state index in [1.54, 1.807) is 0 Å². The molecule has 1 aliphatic rings. The van der Waals surface area contributed by atoms with Gasteiger partial charge in [-0.1, -0.05) is 54.2 Å². The Hall–Kier alpha value is -1.60. The molecular weight excluding hydrogens is 419 g/mol. The fourth-order valence-electron chi connectivity index (χ4n) is 3.43. The molecule has 0 aromatic heterocycles. The SMILES string of the molecule is Cc1cccc(C)c1NC(=O)c1cc(S(=O)(=O)NC2CCCC2)c(Cl)cc1Cl. The van der Waals surface area contributed by atoms with Crippen LogP contribution in [0.25, 0.3) is 0 Å². The molecule has 2 aromatic rings. The standard InChI is InChI=1S/C20H22Cl2N2O3S/c1-12-6-5-7-13(2)19(12)23-20(25)15-10-18(17(22)11-16(15)21)28(26,27)24-14-8-3-4-9-14/h5-7,10-11,14,24H,3-4,8-9H2,1-2H3,(H,23,25). The maximum atomic E-state index is 12.8. The highest BCUT2D eigenvalue weighted by atomic mass is 35.5. The van der Waals surface area contributed by atoms with Crippen LogP contribution in [0.4, 0.5) is 5.69 Å². The molecule has 1 saturated carbocycles. The van der Waals surface area contributed by atoms with Gasteiger partial charge in [0.2, 0.25) is 10.0 Å². The second kappa shape index (κ2) is 8.41. The summed E-state index contributed by atoms with van der Waals surface area (Å²) in [4.78, 5) is 12.7. The van der Waals surface area contributed by atoms with Gasteiger partial charge >= 0.3 is 0 Å². The lowest BCUT2D eigenvalue weighted by Gasteiger charge is -2.16. The largest absolute Gasteiger partial charge is 0.321 e. The topological polar surface area (TPSA) is 75.3 Å². The first-order valence-electron chi connectivity index (χ1n) is 9.08. The molecule has 0 saturated heterocycles. The summed E-state index contributed by atoms with van der Waals surface area (Å²) in [6, 6.07) is 8.09. The van der Waals surface area contributed by atoms with Crippen LogP contribution in [0.1, 0.15) is 47.2 Å². The van der Waals surface area contributed by atoms with Gasteiger partial charge in [0.1, 0.15) is 4.90 Å². The fourth-order valence-corrected chi connectivity index (χ4v) is 5.59. The minimum atomic E-state index is -3.86. The van der Waals surface area contributed by atoms with Crippen molar-refractivity contribution in [1.82, 2.24) is 4.72 Å². The molecule has 1 amide bonds. The smallest absolute Gasteiger partial charge is 0.257 e. The molecule has 1 aliphatic carbocycles. The van der Waals surface area contributed by atoms with Crippen molar-refractivity contribution in [2.24, 2.45) is 0 Å². The van der Waals surface area contributed by atoms with Gasteiger partial charge in [-0.25, -0.2) is 13.1 Å². The Balaban J connectivity index is 1.93. The van der Waals surface area contributed by atoms with Crippen LogP contribution < -0.4 is 10.0 Å². The van der Waals surface area contributed by atoms with Gasteiger partial charge in [0, 0.05) is 11.7 Å². The molecule has 150 valence electrons. The normalized spacial score (nSPS) is 15.0. The minimum absolute atomic E-state index is 0.0147. The molecule has 0 unspecified atom stereocenters. The van der Waals surface area contributed by atoms with E-state index in [0.717, 1.165) is 36.8 Å². The first-order chi connectivity index (χ1) is 13.2. The number of hydrogen-bond acceptors (Lipinski definition) is 3. The lowest BCUT2D eigenvalue weighted by atomic mass is 10.1. The summed E-state index contributed by atoms with van der Waals surface area (Å²) in [6.45, 7) is 3.76. The molecule has 2 aromatic carbocycles. The quantitative estimate of drug-likeness (QED) is 0.679. The van der Waals surface area contributed by atoms with Crippen LogP contribution in [-0.2, 0) is 10.0 Å². The van der Waals surface area contributed by atoms with Gasteiger partial charge in [-0.05, 0) is 49.9 Å². The molecule has 1 fully saturated rings. The predicted octanol–water partition coefficient (Wildman–Crippen LogP) is 5.08. The second-order valence-electron chi connectivity index (χ2n) is 7.09. The molecule has 0 heterocycles. The zero-order valence-electron chi connectivity index (χ0n) is 15.7. The predicted molar refractivity (Wildman–Crippen MR) is 113 cm³/mol. The highest BCUT2D eigenvalue weighted by Crippen LogP contribution is 2.31. The number of hydrogen-bond donors (Lipinski definition) is 2. The van der Waals surface area contributed by atoms with E-state index in [2.05, 4.69) is 10.0 Å². The Labute approximate surface area is 175 Å². The summed E-state index contributed by atoms with van der Waals surface area (Å²) in [7, 11) is -3.86. The number of amides is 1. The lowest BCUT2D eigenvalue weighted by molar-refractivity contribution is 0.102. The van der Waals surface area contributed by atoms with Gasteiger partial charge in [0.05, 0.1) is 15.6 Å². The van der Waals surface area contributed by atoms with Crippen molar-refractivity contribution in [2.45, 2.75) is 50.5 Å². The molecule has 28 heavy (non-hydrogen) atoms. The average molecular weight is 441 g/mol. The molecular formula is C20H22Cl2N2O3S. The first-order valence-corrected chi connectivity index (χ1v) is 11.3. The van der Waals surface area contributed by atoms with Gasteiger partial charge in [0.15, 0.2) is 0 Å². The highest BCUT2D eigenvalue weighted by molar-refractivity contribution is 7.89. The number of rotatable bonds is 5. The number of benzene rings is 2. The van der Waals surface area contributed by atoms with Crippen LogP contribution in [0.5, 0.6) is 0 Å². The maximum Gasteiger partial charge on any atom is 0.257 e. The number of nitrogens with one attached hydrogen (secondary N) is 2. The molecule has 0 atom stereocenters. The van der Waals surface area contributed by atoms with E-state index in [-0.39, 0.29) is 26.5 Å². The second-order valence-corrected chi connectivity index (χ2v) is 9.58. The van der Waals surface area contributed by atoms with Crippen LogP contribution in [0, 0.1) is 13.8 Å². The van der Waals surface area contributed by atoms with E-state index in [4.69, 9.17) is 23.2 Å². The average Bonchev–Trinajstić information content (AvgIpc) is 3.10. The van der Waals surface area contributed by atoms with Crippen LogP contribution >= 0.6 is 23.2 Å². The third-order valence-electron chi connectivity index (χ3n) is 4.95. The summed E-state index contributed by atoms with van der Waals surface area (Å²) in [5.41, 5.74) is 2.52. The van der Waals surface area contributed by atoms with Gasteiger partial charge in [-0.3, -0.25) is 4.79 Å². The summed E-state index contributed by atoms with van der Waals surface area (Å²) >= 11 is 12.4. The van der Waals surface area contributed by atoms with Crippen LogP contribution in [0.15, 0.2) is 35.2 Å². The zero-order chi connectivity index (χ0) is 20.5. The Kier molecular flexibility index (Phi) is 6.34. The highest BCUT2D eigenvalue weighted by Gasteiger charge is 2.27. The molecule has 2 N–H and O–H groups in total. The van der Waals surface area contributed by atoms with E-state index in [9.17, 15) is 13.2 Å². The Morgan fingerprint density at radius 3 is 2.25 bits per heavy atom.